The van der Waals surface area contributed by atoms with E-state index in [9.17, 15) is 28.9 Å². The quantitative estimate of drug-likeness (QED) is 0.330. The molecule has 0 aromatic heterocycles. The third-order valence-corrected chi connectivity index (χ3v) is 5.47. The fraction of sp³-hybridized carbons (Fsp3) is 0.286. The van der Waals surface area contributed by atoms with E-state index in [-0.39, 0.29) is 23.0 Å². The fourth-order valence-corrected chi connectivity index (χ4v) is 3.17. The van der Waals surface area contributed by atoms with Crippen LogP contribution in [0.1, 0.15) is 18.1 Å². The Morgan fingerprint density at radius 1 is 1.09 bits per heavy atom. The topological polar surface area (TPSA) is 128 Å². The summed E-state index contributed by atoms with van der Waals surface area (Å²) in [5, 5.41) is 15.4. The molecule has 2 aromatic carbocycles. The van der Waals surface area contributed by atoms with Crippen LogP contribution in [0.25, 0.3) is 0 Å². The zero-order chi connectivity index (χ0) is 23.8. The molecule has 1 unspecified atom stereocenters. The van der Waals surface area contributed by atoms with E-state index in [2.05, 4.69) is 10.6 Å². The first-order valence-corrected chi connectivity index (χ1v) is 10.5. The molecule has 0 saturated heterocycles. The number of halogens is 1. The zero-order valence-corrected chi connectivity index (χ0v) is 18.5. The number of carbonyl (C=O) groups excluding carboxylic acids is 3. The molecular weight excluding hydrogens is 441 g/mol. The molecule has 2 amide bonds. The standard InChI is InChI=1S/C21H22FN3O6S/c1-12-8-17(18(25(29)30)9-13(12)2)24-19(26)10-31-21(28)14(3)32-11-20(27)23-16-6-4-15(22)5-7-16/h4-9,14H,10-11H2,1-3H3,(H,23,27)(H,24,26). The highest BCUT2D eigenvalue weighted by atomic mass is 32.2. The lowest BCUT2D eigenvalue weighted by molar-refractivity contribution is -0.384. The molecule has 0 heterocycles. The summed E-state index contributed by atoms with van der Waals surface area (Å²) in [5.74, 6) is -2.31. The maximum atomic E-state index is 12.9. The van der Waals surface area contributed by atoms with Gasteiger partial charge in [-0.3, -0.25) is 24.5 Å². The highest BCUT2D eigenvalue weighted by Crippen LogP contribution is 2.27. The third kappa shape index (κ3) is 7.34. The van der Waals surface area contributed by atoms with E-state index >= 15 is 0 Å². The number of ether oxygens (including phenoxy) is 1. The number of esters is 1. The van der Waals surface area contributed by atoms with E-state index in [1.54, 1.807) is 13.8 Å². The average Bonchev–Trinajstić information content (AvgIpc) is 2.74. The lowest BCUT2D eigenvalue weighted by Gasteiger charge is -2.12. The number of thioether (sulfide) groups is 1. The second-order valence-corrected chi connectivity index (χ2v) is 8.20. The first-order chi connectivity index (χ1) is 15.1. The van der Waals surface area contributed by atoms with Gasteiger partial charge in [-0.15, -0.1) is 11.8 Å². The second kappa shape index (κ2) is 11.2. The summed E-state index contributed by atoms with van der Waals surface area (Å²) in [5.41, 5.74) is 1.63. The molecule has 0 saturated carbocycles. The molecule has 0 aliphatic heterocycles. The van der Waals surface area contributed by atoms with E-state index in [1.165, 1.54) is 43.3 Å². The molecule has 11 heteroatoms. The summed E-state index contributed by atoms with van der Waals surface area (Å²) in [6.07, 6.45) is 0. The van der Waals surface area contributed by atoms with E-state index in [1.807, 2.05) is 0 Å². The monoisotopic (exact) mass is 463 g/mol. The predicted molar refractivity (Wildman–Crippen MR) is 119 cm³/mol. The molecule has 0 fully saturated rings. The van der Waals surface area contributed by atoms with Gasteiger partial charge in [-0.05, 0) is 62.2 Å². The molecule has 0 spiro atoms. The van der Waals surface area contributed by atoms with Crippen LogP contribution in [0.2, 0.25) is 0 Å². The van der Waals surface area contributed by atoms with Crippen molar-refractivity contribution in [3.63, 3.8) is 0 Å². The Kier molecular flexibility index (Phi) is 8.71. The number of nitro benzene ring substituents is 1. The number of rotatable bonds is 9. The first-order valence-electron chi connectivity index (χ1n) is 9.46. The molecule has 0 bridgehead atoms. The van der Waals surface area contributed by atoms with Gasteiger partial charge >= 0.3 is 5.97 Å². The molecule has 0 aliphatic carbocycles. The first kappa shape index (κ1) is 24.8. The molecule has 0 radical (unpaired) electrons. The number of nitrogens with zero attached hydrogens (tertiary/aromatic N) is 1. The zero-order valence-electron chi connectivity index (χ0n) is 17.6. The van der Waals surface area contributed by atoms with Gasteiger partial charge in [-0.1, -0.05) is 0 Å². The van der Waals surface area contributed by atoms with Gasteiger partial charge in [0.05, 0.1) is 10.7 Å². The maximum absolute atomic E-state index is 12.9. The van der Waals surface area contributed by atoms with Crippen molar-refractivity contribution in [2.24, 2.45) is 0 Å². The van der Waals surface area contributed by atoms with Crippen LogP contribution in [-0.2, 0) is 19.1 Å². The van der Waals surface area contributed by atoms with E-state index in [4.69, 9.17) is 4.74 Å². The second-order valence-electron chi connectivity index (χ2n) is 6.87. The molecule has 32 heavy (non-hydrogen) atoms. The van der Waals surface area contributed by atoms with Gasteiger partial charge in [0, 0.05) is 11.8 Å². The Labute approximate surface area is 187 Å². The van der Waals surface area contributed by atoms with Gasteiger partial charge in [0.1, 0.15) is 16.8 Å². The summed E-state index contributed by atoms with van der Waals surface area (Å²) in [4.78, 5) is 46.7. The van der Waals surface area contributed by atoms with Gasteiger partial charge in [0.15, 0.2) is 6.61 Å². The summed E-state index contributed by atoms with van der Waals surface area (Å²) in [7, 11) is 0. The third-order valence-electron chi connectivity index (χ3n) is 4.35. The fourth-order valence-electron chi connectivity index (χ4n) is 2.49. The molecule has 2 aromatic rings. The number of aryl methyl sites for hydroxylation is 2. The van der Waals surface area contributed by atoms with Crippen LogP contribution < -0.4 is 10.6 Å². The number of nitro groups is 1. The number of amides is 2. The van der Waals surface area contributed by atoms with Gasteiger partial charge in [0.2, 0.25) is 5.91 Å². The van der Waals surface area contributed by atoms with Crippen molar-refractivity contribution in [1.82, 2.24) is 0 Å². The normalized spacial score (nSPS) is 11.4. The van der Waals surface area contributed by atoms with Crippen LogP contribution in [0.5, 0.6) is 0 Å². The minimum absolute atomic E-state index is 0.0130. The molecule has 9 nitrogen and oxygen atoms in total. The number of anilines is 2. The largest absolute Gasteiger partial charge is 0.455 e. The van der Waals surface area contributed by atoms with Crippen LogP contribution in [0.4, 0.5) is 21.5 Å². The number of carbonyl (C=O) groups is 3. The maximum Gasteiger partial charge on any atom is 0.319 e. The van der Waals surface area contributed by atoms with Crippen molar-refractivity contribution in [2.75, 3.05) is 23.0 Å². The SMILES string of the molecule is Cc1cc(NC(=O)COC(=O)C(C)SCC(=O)Nc2ccc(F)cc2)c([N+](=O)[O-])cc1C. The summed E-state index contributed by atoms with van der Waals surface area (Å²) < 4.78 is 17.8. The molecule has 1 atom stereocenters. The van der Waals surface area contributed by atoms with E-state index in [0.717, 1.165) is 17.3 Å². The van der Waals surface area contributed by atoms with E-state index in [0.29, 0.717) is 11.3 Å². The smallest absolute Gasteiger partial charge is 0.319 e. The van der Waals surface area contributed by atoms with Crippen LogP contribution in [0.3, 0.4) is 0 Å². The van der Waals surface area contributed by atoms with Crippen molar-refractivity contribution < 1.29 is 28.4 Å². The Morgan fingerprint density at radius 3 is 2.34 bits per heavy atom. The van der Waals surface area contributed by atoms with E-state index < -0.39 is 34.5 Å². The van der Waals surface area contributed by atoms with Gasteiger partial charge in [-0.25, -0.2) is 4.39 Å². The molecule has 170 valence electrons. The number of hydrogen-bond acceptors (Lipinski definition) is 7. The van der Waals surface area contributed by atoms with Crippen LogP contribution >= 0.6 is 11.8 Å². The Balaban J connectivity index is 1.81. The Bertz CT molecular complexity index is 1030. The van der Waals surface area contributed by atoms with Crippen LogP contribution in [0, 0.1) is 29.8 Å². The highest BCUT2D eigenvalue weighted by molar-refractivity contribution is 8.01. The summed E-state index contributed by atoms with van der Waals surface area (Å²) in [6.45, 7) is 4.36. The molecule has 2 N–H and O–H groups in total. The predicted octanol–water partition coefficient (Wildman–Crippen LogP) is 3.59. The van der Waals surface area contributed by atoms with Crippen LogP contribution in [-0.4, -0.2) is 40.3 Å². The van der Waals surface area contributed by atoms with Gasteiger partial charge in [0.25, 0.3) is 11.6 Å². The minimum Gasteiger partial charge on any atom is -0.455 e. The lowest BCUT2D eigenvalue weighted by Crippen LogP contribution is -2.26. The highest BCUT2D eigenvalue weighted by Gasteiger charge is 2.21. The van der Waals surface area contributed by atoms with Crippen molar-refractivity contribution in [1.29, 1.82) is 0 Å². The van der Waals surface area contributed by atoms with Crippen molar-refractivity contribution in [2.45, 2.75) is 26.0 Å². The van der Waals surface area contributed by atoms with Crippen LogP contribution in [0.15, 0.2) is 36.4 Å². The number of nitrogens with one attached hydrogen (secondary N) is 2. The van der Waals surface area contributed by atoms with Crippen molar-refractivity contribution in [3.05, 3.63) is 63.5 Å². The Morgan fingerprint density at radius 2 is 1.72 bits per heavy atom. The lowest BCUT2D eigenvalue weighted by atomic mass is 10.1. The van der Waals surface area contributed by atoms with Crippen molar-refractivity contribution in [3.8, 4) is 0 Å². The van der Waals surface area contributed by atoms with Gasteiger partial charge < -0.3 is 15.4 Å². The Hall–Kier alpha value is -3.47. The molecule has 0 aliphatic rings. The van der Waals surface area contributed by atoms with Gasteiger partial charge in [-0.2, -0.15) is 0 Å². The summed E-state index contributed by atoms with van der Waals surface area (Å²) in [6, 6.07) is 8.07. The molecule has 2 rings (SSSR count). The average molecular weight is 463 g/mol. The minimum atomic E-state index is -0.738. The molecular formula is C21H22FN3O6S. The number of benzene rings is 2. The summed E-state index contributed by atoms with van der Waals surface area (Å²) >= 11 is 0.999. The van der Waals surface area contributed by atoms with Crippen molar-refractivity contribution >= 4 is 46.6 Å². The number of hydrogen-bond donors (Lipinski definition) is 2.